The van der Waals surface area contributed by atoms with Crippen LogP contribution in [0.25, 0.3) is 0 Å². The molecule has 1 aliphatic heterocycles. The minimum atomic E-state index is -0.374. The van der Waals surface area contributed by atoms with E-state index >= 15 is 0 Å². The van der Waals surface area contributed by atoms with Gasteiger partial charge in [0.25, 0.3) is 0 Å². The summed E-state index contributed by atoms with van der Waals surface area (Å²) in [7, 11) is 0. The predicted molar refractivity (Wildman–Crippen MR) is 85.9 cm³/mol. The molecule has 0 radical (unpaired) electrons. The molecule has 122 valence electrons. The molecular weight excluding hydrogens is 264 g/mol. The first-order valence-electron chi connectivity index (χ1n) is 8.17. The van der Waals surface area contributed by atoms with E-state index in [1.54, 1.807) is 0 Å². The molecule has 1 fully saturated rings. The Morgan fingerprint density at radius 2 is 1.62 bits per heavy atom. The van der Waals surface area contributed by atoms with Crippen LogP contribution in [0.2, 0.25) is 0 Å². The van der Waals surface area contributed by atoms with Crippen molar-refractivity contribution in [3.8, 4) is 0 Å². The van der Waals surface area contributed by atoms with Gasteiger partial charge in [-0.3, -0.25) is 9.59 Å². The summed E-state index contributed by atoms with van der Waals surface area (Å²) in [5.41, 5.74) is -0.374. The number of hydrogen-bond donors (Lipinski definition) is 0. The Labute approximate surface area is 129 Å². The van der Waals surface area contributed by atoms with Crippen LogP contribution in [0, 0.1) is 11.3 Å². The highest BCUT2D eigenvalue weighted by Gasteiger charge is 2.35. The van der Waals surface area contributed by atoms with Gasteiger partial charge in [0.15, 0.2) is 0 Å². The molecule has 4 heteroatoms. The molecule has 0 spiro atoms. The first kappa shape index (κ1) is 18.0. The van der Waals surface area contributed by atoms with Crippen LogP contribution in [0.1, 0.15) is 61.3 Å². The number of nitrogens with zero attached hydrogens (tertiary/aromatic N) is 2. The number of amides is 2. The summed E-state index contributed by atoms with van der Waals surface area (Å²) in [4.78, 5) is 29.0. The summed E-state index contributed by atoms with van der Waals surface area (Å²) in [6, 6.07) is 0.400. The number of piperidine rings is 1. The highest BCUT2D eigenvalue weighted by atomic mass is 16.2. The monoisotopic (exact) mass is 296 g/mol. The third-order valence-corrected chi connectivity index (χ3v) is 4.07. The molecule has 0 saturated carbocycles. The number of likely N-dealkylation sites (tertiary alicyclic amines) is 1. The standard InChI is InChI=1S/C17H32N2O2/c1-12(2)19(13(3)4)15(20)14-9-8-10-18(11-14)16(21)17(5,6)7/h12-14H,8-11H2,1-7H3/t14-/m0/s1. The fourth-order valence-electron chi connectivity index (χ4n) is 3.15. The van der Waals surface area contributed by atoms with Gasteiger partial charge in [0.2, 0.25) is 11.8 Å². The first-order chi connectivity index (χ1) is 9.55. The number of carbonyl (C=O) groups is 2. The number of carbonyl (C=O) groups excluding carboxylic acids is 2. The van der Waals surface area contributed by atoms with Crippen LogP contribution in [0.15, 0.2) is 0 Å². The third-order valence-electron chi connectivity index (χ3n) is 4.07. The zero-order valence-corrected chi connectivity index (χ0v) is 14.8. The van der Waals surface area contributed by atoms with Crippen molar-refractivity contribution in [2.24, 2.45) is 11.3 Å². The van der Waals surface area contributed by atoms with Gasteiger partial charge < -0.3 is 9.80 Å². The van der Waals surface area contributed by atoms with E-state index in [1.165, 1.54) is 0 Å². The quantitative estimate of drug-likeness (QED) is 0.803. The van der Waals surface area contributed by atoms with Crippen LogP contribution in [0.5, 0.6) is 0 Å². The molecule has 0 unspecified atom stereocenters. The lowest BCUT2D eigenvalue weighted by Crippen LogP contribution is -2.52. The van der Waals surface area contributed by atoms with Crippen LogP contribution in [0.4, 0.5) is 0 Å². The Morgan fingerprint density at radius 1 is 1.10 bits per heavy atom. The van der Waals surface area contributed by atoms with Crippen molar-refractivity contribution in [2.75, 3.05) is 13.1 Å². The van der Waals surface area contributed by atoms with Gasteiger partial charge in [0, 0.05) is 30.6 Å². The van der Waals surface area contributed by atoms with Gasteiger partial charge in [-0.2, -0.15) is 0 Å². The van der Waals surface area contributed by atoms with Crippen LogP contribution in [-0.4, -0.2) is 46.8 Å². The van der Waals surface area contributed by atoms with E-state index in [0.29, 0.717) is 6.54 Å². The molecule has 0 aromatic rings. The lowest BCUT2D eigenvalue weighted by molar-refractivity contribution is -0.147. The molecule has 0 N–H and O–H groups in total. The van der Waals surface area contributed by atoms with Crippen molar-refractivity contribution in [1.29, 1.82) is 0 Å². The second-order valence-corrected chi connectivity index (χ2v) is 7.77. The third kappa shape index (κ3) is 4.45. The summed E-state index contributed by atoms with van der Waals surface area (Å²) in [6.45, 7) is 15.4. The average molecular weight is 296 g/mol. The van der Waals surface area contributed by atoms with Crippen LogP contribution < -0.4 is 0 Å². The summed E-state index contributed by atoms with van der Waals surface area (Å²) < 4.78 is 0. The van der Waals surface area contributed by atoms with Gasteiger partial charge in [-0.1, -0.05) is 20.8 Å². The molecular formula is C17H32N2O2. The average Bonchev–Trinajstić information content (AvgIpc) is 2.36. The topological polar surface area (TPSA) is 40.6 Å². The van der Waals surface area contributed by atoms with Gasteiger partial charge in [-0.25, -0.2) is 0 Å². The maximum Gasteiger partial charge on any atom is 0.227 e. The molecule has 1 aliphatic rings. The van der Waals surface area contributed by atoms with Crippen molar-refractivity contribution in [3.05, 3.63) is 0 Å². The van der Waals surface area contributed by atoms with Crippen molar-refractivity contribution in [3.63, 3.8) is 0 Å². The van der Waals surface area contributed by atoms with Crippen LogP contribution in [-0.2, 0) is 9.59 Å². The normalized spacial score (nSPS) is 20.0. The number of hydrogen-bond acceptors (Lipinski definition) is 2. The molecule has 21 heavy (non-hydrogen) atoms. The molecule has 0 bridgehead atoms. The molecule has 0 aliphatic carbocycles. The van der Waals surface area contributed by atoms with E-state index in [2.05, 4.69) is 27.7 Å². The SMILES string of the molecule is CC(C)N(C(=O)[C@H]1CCCN(C(=O)C(C)(C)C)C1)C(C)C. The minimum absolute atomic E-state index is 0.0464. The maximum absolute atomic E-state index is 12.8. The van der Waals surface area contributed by atoms with Gasteiger partial charge >= 0.3 is 0 Å². The minimum Gasteiger partial charge on any atom is -0.341 e. The maximum atomic E-state index is 12.8. The molecule has 1 atom stereocenters. The van der Waals surface area contributed by atoms with Gasteiger partial charge in [-0.15, -0.1) is 0 Å². The zero-order chi connectivity index (χ0) is 16.4. The van der Waals surface area contributed by atoms with E-state index in [9.17, 15) is 9.59 Å². The molecule has 1 rings (SSSR count). The second kappa shape index (κ2) is 6.80. The van der Waals surface area contributed by atoms with Gasteiger partial charge in [-0.05, 0) is 40.5 Å². The largest absolute Gasteiger partial charge is 0.341 e. The molecule has 1 saturated heterocycles. The van der Waals surface area contributed by atoms with Gasteiger partial charge in [0.1, 0.15) is 0 Å². The van der Waals surface area contributed by atoms with Crippen LogP contribution >= 0.6 is 0 Å². The highest BCUT2D eigenvalue weighted by Crippen LogP contribution is 2.25. The Kier molecular flexibility index (Phi) is 5.83. The van der Waals surface area contributed by atoms with Gasteiger partial charge in [0.05, 0.1) is 5.92 Å². The molecule has 2 amide bonds. The van der Waals surface area contributed by atoms with E-state index in [0.717, 1.165) is 19.4 Å². The predicted octanol–water partition coefficient (Wildman–Crippen LogP) is 2.92. The summed E-state index contributed by atoms with van der Waals surface area (Å²) >= 11 is 0. The van der Waals surface area contributed by atoms with Crippen molar-refractivity contribution < 1.29 is 9.59 Å². The zero-order valence-electron chi connectivity index (χ0n) is 14.8. The Bertz CT molecular complexity index is 375. The second-order valence-electron chi connectivity index (χ2n) is 7.77. The summed E-state index contributed by atoms with van der Waals surface area (Å²) in [5, 5.41) is 0. The summed E-state index contributed by atoms with van der Waals surface area (Å²) in [6.07, 6.45) is 1.81. The smallest absolute Gasteiger partial charge is 0.227 e. The summed E-state index contributed by atoms with van der Waals surface area (Å²) in [5.74, 6) is 0.307. The fraction of sp³-hybridized carbons (Fsp3) is 0.882. The Balaban J connectivity index is 2.80. The van der Waals surface area contributed by atoms with E-state index < -0.39 is 0 Å². The van der Waals surface area contributed by atoms with Crippen LogP contribution in [0.3, 0.4) is 0 Å². The molecule has 0 aromatic carbocycles. The number of rotatable bonds is 3. The van der Waals surface area contributed by atoms with Crippen molar-refractivity contribution in [1.82, 2.24) is 9.80 Å². The first-order valence-corrected chi connectivity index (χ1v) is 8.17. The lowest BCUT2D eigenvalue weighted by atomic mass is 9.90. The van der Waals surface area contributed by atoms with Crippen molar-refractivity contribution >= 4 is 11.8 Å². The van der Waals surface area contributed by atoms with E-state index in [1.807, 2.05) is 30.6 Å². The molecule has 0 aromatic heterocycles. The van der Waals surface area contributed by atoms with E-state index in [-0.39, 0.29) is 35.2 Å². The molecule has 4 nitrogen and oxygen atoms in total. The molecule has 1 heterocycles. The Morgan fingerprint density at radius 3 is 2.05 bits per heavy atom. The lowest BCUT2D eigenvalue weighted by Gasteiger charge is -2.39. The van der Waals surface area contributed by atoms with Crippen molar-refractivity contribution in [2.45, 2.75) is 73.4 Å². The highest BCUT2D eigenvalue weighted by molar-refractivity contribution is 5.84. The Hall–Kier alpha value is -1.06. The van der Waals surface area contributed by atoms with E-state index in [4.69, 9.17) is 0 Å². The fourth-order valence-corrected chi connectivity index (χ4v) is 3.15.